The Kier molecular flexibility index (Phi) is 3.66. The van der Waals surface area contributed by atoms with Crippen LogP contribution in [0.2, 0.25) is 0 Å². The predicted molar refractivity (Wildman–Crippen MR) is 63.8 cm³/mol. The van der Waals surface area contributed by atoms with Crippen molar-refractivity contribution in [1.82, 2.24) is 5.32 Å². The standard InChI is InChI=1S/C13H17NO3/c1-9-11(6-7-16-9)13(14-2)12-5-4-10(17-12)8-15-3/h4-7,13-14H,8H2,1-3H3. The Balaban J connectivity index is 2.26. The number of methoxy groups -OCH3 is 1. The monoisotopic (exact) mass is 235 g/mol. The molecule has 1 unspecified atom stereocenters. The Hall–Kier alpha value is -1.52. The van der Waals surface area contributed by atoms with E-state index in [0.717, 1.165) is 22.8 Å². The first-order valence-corrected chi connectivity index (χ1v) is 5.55. The fourth-order valence-electron chi connectivity index (χ4n) is 1.91. The van der Waals surface area contributed by atoms with E-state index >= 15 is 0 Å². The third-order valence-corrected chi connectivity index (χ3v) is 2.75. The molecule has 2 aromatic heterocycles. The molecular weight excluding hydrogens is 218 g/mol. The van der Waals surface area contributed by atoms with Crippen molar-refractivity contribution in [3.63, 3.8) is 0 Å². The molecule has 0 saturated heterocycles. The minimum absolute atomic E-state index is 0.0133. The summed E-state index contributed by atoms with van der Waals surface area (Å²) >= 11 is 0. The van der Waals surface area contributed by atoms with E-state index in [0.29, 0.717) is 6.61 Å². The molecule has 0 fully saturated rings. The van der Waals surface area contributed by atoms with Gasteiger partial charge in [-0.05, 0) is 32.2 Å². The largest absolute Gasteiger partial charge is 0.469 e. The molecule has 0 amide bonds. The van der Waals surface area contributed by atoms with Crippen LogP contribution in [0.3, 0.4) is 0 Å². The average molecular weight is 235 g/mol. The van der Waals surface area contributed by atoms with Crippen LogP contribution in [0.1, 0.15) is 28.9 Å². The second-order valence-corrected chi connectivity index (χ2v) is 3.89. The van der Waals surface area contributed by atoms with E-state index in [-0.39, 0.29) is 6.04 Å². The molecule has 4 heteroatoms. The number of nitrogens with one attached hydrogen (secondary N) is 1. The molecule has 0 saturated carbocycles. The summed E-state index contributed by atoms with van der Waals surface area (Å²) in [6, 6.07) is 5.86. The van der Waals surface area contributed by atoms with E-state index in [1.165, 1.54) is 0 Å². The van der Waals surface area contributed by atoms with Gasteiger partial charge in [0, 0.05) is 12.7 Å². The third kappa shape index (κ3) is 2.43. The molecule has 0 aliphatic rings. The summed E-state index contributed by atoms with van der Waals surface area (Å²) in [5.74, 6) is 2.59. The van der Waals surface area contributed by atoms with Crippen LogP contribution in [0.25, 0.3) is 0 Å². The maximum absolute atomic E-state index is 5.73. The lowest BCUT2D eigenvalue weighted by Crippen LogP contribution is -2.17. The highest BCUT2D eigenvalue weighted by Crippen LogP contribution is 2.26. The van der Waals surface area contributed by atoms with Crippen molar-refractivity contribution in [2.45, 2.75) is 19.6 Å². The van der Waals surface area contributed by atoms with Crippen LogP contribution in [0.5, 0.6) is 0 Å². The highest BCUT2D eigenvalue weighted by Gasteiger charge is 2.19. The van der Waals surface area contributed by atoms with Crippen LogP contribution in [0, 0.1) is 6.92 Å². The molecule has 4 nitrogen and oxygen atoms in total. The SMILES string of the molecule is CNC(c1ccc(COC)o1)c1ccoc1C. The highest BCUT2D eigenvalue weighted by atomic mass is 16.5. The van der Waals surface area contributed by atoms with Crippen LogP contribution < -0.4 is 5.32 Å². The Morgan fingerprint density at radius 3 is 2.76 bits per heavy atom. The number of aryl methyl sites for hydroxylation is 1. The molecule has 2 heterocycles. The lowest BCUT2D eigenvalue weighted by Gasteiger charge is -2.12. The maximum atomic E-state index is 5.73. The first-order chi connectivity index (χ1) is 8.26. The first kappa shape index (κ1) is 12.0. The van der Waals surface area contributed by atoms with Gasteiger partial charge in [-0.15, -0.1) is 0 Å². The van der Waals surface area contributed by atoms with Gasteiger partial charge in [-0.1, -0.05) is 0 Å². The molecule has 2 rings (SSSR count). The second kappa shape index (κ2) is 5.21. The number of furan rings is 2. The van der Waals surface area contributed by atoms with Gasteiger partial charge in [0.15, 0.2) is 0 Å². The van der Waals surface area contributed by atoms with Crippen molar-refractivity contribution in [1.29, 1.82) is 0 Å². The van der Waals surface area contributed by atoms with E-state index in [2.05, 4.69) is 5.32 Å². The van der Waals surface area contributed by atoms with Crippen molar-refractivity contribution in [2.75, 3.05) is 14.2 Å². The fraction of sp³-hybridized carbons (Fsp3) is 0.385. The molecule has 0 aliphatic carbocycles. The fourth-order valence-corrected chi connectivity index (χ4v) is 1.91. The summed E-state index contributed by atoms with van der Waals surface area (Å²) < 4.78 is 16.1. The van der Waals surface area contributed by atoms with E-state index in [1.54, 1.807) is 13.4 Å². The van der Waals surface area contributed by atoms with Crippen LogP contribution in [-0.4, -0.2) is 14.2 Å². The van der Waals surface area contributed by atoms with Gasteiger partial charge in [0.25, 0.3) is 0 Å². The molecule has 17 heavy (non-hydrogen) atoms. The number of rotatable bonds is 5. The van der Waals surface area contributed by atoms with Gasteiger partial charge in [0.05, 0.1) is 12.3 Å². The molecule has 0 spiro atoms. The van der Waals surface area contributed by atoms with Crippen molar-refractivity contribution >= 4 is 0 Å². The molecule has 1 atom stereocenters. The predicted octanol–water partition coefficient (Wildman–Crippen LogP) is 2.64. The minimum atomic E-state index is 0.0133. The van der Waals surface area contributed by atoms with Crippen LogP contribution in [-0.2, 0) is 11.3 Å². The Morgan fingerprint density at radius 2 is 2.18 bits per heavy atom. The van der Waals surface area contributed by atoms with Gasteiger partial charge in [0.2, 0.25) is 0 Å². The Morgan fingerprint density at radius 1 is 1.35 bits per heavy atom. The summed E-state index contributed by atoms with van der Waals surface area (Å²) in [6.07, 6.45) is 1.69. The van der Waals surface area contributed by atoms with E-state index < -0.39 is 0 Å². The second-order valence-electron chi connectivity index (χ2n) is 3.89. The number of ether oxygens (including phenoxy) is 1. The summed E-state index contributed by atoms with van der Waals surface area (Å²) in [6.45, 7) is 2.43. The van der Waals surface area contributed by atoms with Gasteiger partial charge in [-0.25, -0.2) is 0 Å². The quantitative estimate of drug-likeness (QED) is 0.865. The van der Waals surface area contributed by atoms with Gasteiger partial charge >= 0.3 is 0 Å². The molecular formula is C13H17NO3. The first-order valence-electron chi connectivity index (χ1n) is 5.55. The lowest BCUT2D eigenvalue weighted by atomic mass is 10.1. The van der Waals surface area contributed by atoms with Crippen molar-refractivity contribution < 1.29 is 13.6 Å². The Labute approximate surface area is 101 Å². The smallest absolute Gasteiger partial charge is 0.129 e. The van der Waals surface area contributed by atoms with Crippen LogP contribution in [0.15, 0.2) is 33.3 Å². The summed E-state index contributed by atoms with van der Waals surface area (Å²) in [5.41, 5.74) is 1.09. The zero-order chi connectivity index (χ0) is 12.3. The van der Waals surface area contributed by atoms with Gasteiger partial charge in [-0.2, -0.15) is 0 Å². The molecule has 0 bridgehead atoms. The van der Waals surface area contributed by atoms with E-state index in [9.17, 15) is 0 Å². The summed E-state index contributed by atoms with van der Waals surface area (Å²) in [5, 5.41) is 3.22. The highest BCUT2D eigenvalue weighted by molar-refractivity contribution is 5.28. The van der Waals surface area contributed by atoms with Gasteiger partial charge in [0.1, 0.15) is 23.9 Å². The number of hydrogen-bond donors (Lipinski definition) is 1. The summed E-state index contributed by atoms with van der Waals surface area (Å²) in [7, 11) is 3.55. The van der Waals surface area contributed by atoms with Gasteiger partial charge < -0.3 is 18.9 Å². The van der Waals surface area contributed by atoms with Crippen molar-refractivity contribution in [3.05, 3.63) is 47.3 Å². The Bertz CT molecular complexity index is 472. The van der Waals surface area contributed by atoms with Gasteiger partial charge in [-0.3, -0.25) is 0 Å². The summed E-state index contributed by atoms with van der Waals surface area (Å²) in [4.78, 5) is 0. The number of hydrogen-bond acceptors (Lipinski definition) is 4. The zero-order valence-corrected chi connectivity index (χ0v) is 10.3. The molecule has 1 N–H and O–H groups in total. The minimum Gasteiger partial charge on any atom is -0.469 e. The third-order valence-electron chi connectivity index (χ3n) is 2.75. The molecule has 0 radical (unpaired) electrons. The molecule has 92 valence electrons. The van der Waals surface area contributed by atoms with Crippen LogP contribution in [0.4, 0.5) is 0 Å². The molecule has 2 aromatic rings. The topological polar surface area (TPSA) is 47.5 Å². The van der Waals surface area contributed by atoms with E-state index in [1.807, 2.05) is 32.2 Å². The van der Waals surface area contributed by atoms with E-state index in [4.69, 9.17) is 13.6 Å². The molecule has 0 aromatic carbocycles. The van der Waals surface area contributed by atoms with Crippen LogP contribution >= 0.6 is 0 Å². The zero-order valence-electron chi connectivity index (χ0n) is 10.3. The van der Waals surface area contributed by atoms with Crippen molar-refractivity contribution in [2.24, 2.45) is 0 Å². The maximum Gasteiger partial charge on any atom is 0.129 e. The normalized spacial score (nSPS) is 12.9. The molecule has 0 aliphatic heterocycles. The lowest BCUT2D eigenvalue weighted by molar-refractivity contribution is 0.162. The van der Waals surface area contributed by atoms with Crippen molar-refractivity contribution in [3.8, 4) is 0 Å². The average Bonchev–Trinajstić information content (AvgIpc) is 2.92.